The minimum atomic E-state index is -0.198. The van der Waals surface area contributed by atoms with Crippen LogP contribution in [0.2, 0.25) is 0 Å². The molecule has 0 N–H and O–H groups in total. The molecule has 8 atom stereocenters. The van der Waals surface area contributed by atoms with Crippen LogP contribution in [0.5, 0.6) is 0 Å². The molecule has 4 aliphatic carbocycles. The fraction of sp³-hybridized carbons (Fsp3) is 0.826. The summed E-state index contributed by atoms with van der Waals surface area (Å²) in [5, 5.41) is 0. The first-order valence-electron chi connectivity index (χ1n) is 11.0. The van der Waals surface area contributed by atoms with Gasteiger partial charge in [-0.05, 0) is 74.3 Å². The van der Waals surface area contributed by atoms with Gasteiger partial charge < -0.3 is 14.2 Å². The van der Waals surface area contributed by atoms with Crippen molar-refractivity contribution in [1.82, 2.24) is 0 Å². The van der Waals surface area contributed by atoms with Crippen LogP contribution in [0, 0.1) is 28.6 Å². The Morgan fingerprint density at radius 1 is 1.04 bits per heavy atom. The van der Waals surface area contributed by atoms with Crippen molar-refractivity contribution >= 4 is 11.9 Å². The first-order chi connectivity index (χ1) is 13.3. The average molecular weight is 389 g/mol. The van der Waals surface area contributed by atoms with E-state index in [1.54, 1.807) is 0 Å². The van der Waals surface area contributed by atoms with Crippen LogP contribution in [0.15, 0.2) is 11.6 Å². The predicted molar refractivity (Wildman–Crippen MR) is 102 cm³/mol. The number of esters is 2. The van der Waals surface area contributed by atoms with Gasteiger partial charge in [-0.25, -0.2) is 0 Å². The summed E-state index contributed by atoms with van der Waals surface area (Å²) in [4.78, 5) is 23.0. The molecule has 0 radical (unpaired) electrons. The molecule has 2 bridgehead atoms. The average Bonchev–Trinajstić information content (AvgIpc) is 3.09. The Kier molecular flexibility index (Phi) is 4.21. The molecule has 154 valence electrons. The largest absolute Gasteiger partial charge is 0.462 e. The number of hydrogen-bond donors (Lipinski definition) is 0. The van der Waals surface area contributed by atoms with Crippen LogP contribution in [0.1, 0.15) is 65.7 Å². The first-order valence-corrected chi connectivity index (χ1v) is 11.0. The third-order valence-electron chi connectivity index (χ3n) is 8.88. The van der Waals surface area contributed by atoms with Gasteiger partial charge in [0.15, 0.2) is 0 Å². The van der Waals surface area contributed by atoms with Gasteiger partial charge in [0, 0.05) is 24.7 Å². The zero-order valence-corrected chi connectivity index (χ0v) is 17.2. The second kappa shape index (κ2) is 6.32. The summed E-state index contributed by atoms with van der Waals surface area (Å²) in [7, 11) is 0. The molecule has 0 aromatic rings. The van der Waals surface area contributed by atoms with Crippen molar-refractivity contribution in [3.05, 3.63) is 11.6 Å². The Bertz CT molecular complexity index is 729. The summed E-state index contributed by atoms with van der Waals surface area (Å²) in [5.74, 6) is 1.56. The molecule has 5 heteroatoms. The van der Waals surface area contributed by atoms with Crippen LogP contribution in [0.4, 0.5) is 0 Å². The van der Waals surface area contributed by atoms with E-state index in [1.807, 2.05) is 0 Å². The molecule has 3 saturated carbocycles. The summed E-state index contributed by atoms with van der Waals surface area (Å²) in [6.07, 6.45) is 9.89. The molecule has 1 aliphatic heterocycles. The van der Waals surface area contributed by atoms with Gasteiger partial charge >= 0.3 is 11.9 Å². The van der Waals surface area contributed by atoms with E-state index in [0.717, 1.165) is 45.1 Å². The van der Waals surface area contributed by atoms with E-state index >= 15 is 0 Å². The third kappa shape index (κ3) is 2.54. The molecule has 0 amide bonds. The number of carbonyl (C=O) groups excluding carboxylic acids is 2. The summed E-state index contributed by atoms with van der Waals surface area (Å²) in [5.41, 5.74) is 1.67. The Balaban J connectivity index is 1.43. The number of carbonyl (C=O) groups is 2. The van der Waals surface area contributed by atoms with E-state index in [2.05, 4.69) is 13.0 Å². The Morgan fingerprint density at radius 2 is 1.82 bits per heavy atom. The molecule has 1 heterocycles. The van der Waals surface area contributed by atoms with Gasteiger partial charge in [-0.1, -0.05) is 6.92 Å². The van der Waals surface area contributed by atoms with Crippen molar-refractivity contribution in [3.8, 4) is 0 Å². The van der Waals surface area contributed by atoms with Gasteiger partial charge in [-0.3, -0.25) is 9.59 Å². The lowest BCUT2D eigenvalue weighted by Crippen LogP contribution is -2.53. The lowest BCUT2D eigenvalue weighted by molar-refractivity contribution is -0.157. The Morgan fingerprint density at radius 3 is 2.57 bits per heavy atom. The SMILES string of the molecule is CC(=O)O[C@@H]1C=C2[C@H]3C[C@@H]4[C@H](CC[C@]5(C)[C@@H](OC(C)=O)CC[C@@H]45)[C@]2(CC1)CO3. The van der Waals surface area contributed by atoms with Crippen molar-refractivity contribution in [2.24, 2.45) is 28.6 Å². The van der Waals surface area contributed by atoms with Crippen molar-refractivity contribution in [1.29, 1.82) is 0 Å². The lowest BCUT2D eigenvalue weighted by atomic mass is 9.47. The highest BCUT2D eigenvalue weighted by atomic mass is 16.5. The minimum absolute atomic E-state index is 0.0728. The number of rotatable bonds is 2. The van der Waals surface area contributed by atoms with E-state index in [4.69, 9.17) is 14.2 Å². The summed E-state index contributed by atoms with van der Waals surface area (Å²) in [6, 6.07) is 0. The maximum absolute atomic E-state index is 11.6. The fourth-order valence-corrected chi connectivity index (χ4v) is 7.82. The van der Waals surface area contributed by atoms with E-state index in [-0.39, 0.29) is 41.1 Å². The highest BCUT2D eigenvalue weighted by Crippen LogP contribution is 2.68. The van der Waals surface area contributed by atoms with Crippen LogP contribution in [-0.4, -0.2) is 36.9 Å². The molecule has 0 spiro atoms. The quantitative estimate of drug-likeness (QED) is 0.532. The van der Waals surface area contributed by atoms with Gasteiger partial charge in [0.2, 0.25) is 0 Å². The molecule has 5 aliphatic rings. The van der Waals surface area contributed by atoms with Gasteiger partial charge in [-0.15, -0.1) is 0 Å². The van der Waals surface area contributed by atoms with E-state index in [0.29, 0.717) is 17.8 Å². The second-order valence-corrected chi connectivity index (χ2v) is 10.1. The second-order valence-electron chi connectivity index (χ2n) is 10.1. The summed E-state index contributed by atoms with van der Waals surface area (Å²) in [6.45, 7) is 6.22. The summed E-state index contributed by atoms with van der Waals surface area (Å²) < 4.78 is 17.6. The zero-order chi connectivity index (χ0) is 19.7. The first kappa shape index (κ1) is 18.7. The molecule has 1 saturated heterocycles. The molecule has 0 unspecified atom stereocenters. The van der Waals surface area contributed by atoms with Gasteiger partial charge in [0.05, 0.1) is 12.7 Å². The predicted octanol–water partition coefficient (Wildman–Crippen LogP) is 3.80. The standard InChI is InChI=1S/C23H32O5/c1-13(24)27-15-6-9-23-12-26-20(19(23)10-15)11-16-17-4-5-21(28-14(2)25)22(17,3)8-7-18(16)23/h10,15-18,20-21H,4-9,11-12H2,1-3H3/t15-,16-,17-,18-,20+,21-,22-,23-/m0/s1. The smallest absolute Gasteiger partial charge is 0.303 e. The van der Waals surface area contributed by atoms with E-state index < -0.39 is 0 Å². The molecule has 5 nitrogen and oxygen atoms in total. The zero-order valence-electron chi connectivity index (χ0n) is 17.2. The number of fused-ring (bicyclic) bond motifs is 3. The normalized spacial score (nSPS) is 48.8. The molecule has 5 rings (SSSR count). The number of ether oxygens (including phenoxy) is 3. The summed E-state index contributed by atoms with van der Waals surface area (Å²) >= 11 is 0. The third-order valence-corrected chi connectivity index (χ3v) is 8.88. The monoisotopic (exact) mass is 388 g/mol. The maximum Gasteiger partial charge on any atom is 0.303 e. The molecular formula is C23H32O5. The molecule has 0 aromatic carbocycles. The van der Waals surface area contributed by atoms with Crippen LogP contribution in [-0.2, 0) is 23.8 Å². The van der Waals surface area contributed by atoms with Crippen LogP contribution in [0.3, 0.4) is 0 Å². The highest BCUT2D eigenvalue weighted by Gasteiger charge is 2.65. The van der Waals surface area contributed by atoms with Crippen molar-refractivity contribution in [3.63, 3.8) is 0 Å². The van der Waals surface area contributed by atoms with Crippen molar-refractivity contribution < 1.29 is 23.8 Å². The van der Waals surface area contributed by atoms with E-state index in [1.165, 1.54) is 25.8 Å². The van der Waals surface area contributed by atoms with Gasteiger partial charge in [0.1, 0.15) is 12.2 Å². The molecule has 4 fully saturated rings. The lowest BCUT2D eigenvalue weighted by Gasteiger charge is -2.57. The Hall–Kier alpha value is -1.36. The molecule has 0 aromatic heterocycles. The number of hydrogen-bond acceptors (Lipinski definition) is 5. The van der Waals surface area contributed by atoms with Gasteiger partial charge in [-0.2, -0.15) is 0 Å². The maximum atomic E-state index is 11.6. The molecule has 28 heavy (non-hydrogen) atoms. The topological polar surface area (TPSA) is 61.8 Å². The van der Waals surface area contributed by atoms with Crippen molar-refractivity contribution in [2.75, 3.05) is 6.61 Å². The fourth-order valence-electron chi connectivity index (χ4n) is 7.82. The van der Waals surface area contributed by atoms with E-state index in [9.17, 15) is 9.59 Å². The van der Waals surface area contributed by atoms with Crippen molar-refractivity contribution in [2.45, 2.75) is 84.0 Å². The van der Waals surface area contributed by atoms with Gasteiger partial charge in [0.25, 0.3) is 0 Å². The van der Waals surface area contributed by atoms with Crippen LogP contribution in [0.25, 0.3) is 0 Å². The van der Waals surface area contributed by atoms with Crippen LogP contribution < -0.4 is 0 Å². The highest BCUT2D eigenvalue weighted by molar-refractivity contribution is 5.66. The minimum Gasteiger partial charge on any atom is -0.462 e. The molecular weight excluding hydrogens is 356 g/mol. The van der Waals surface area contributed by atoms with Crippen LogP contribution >= 0.6 is 0 Å². The Labute approximate surface area is 167 Å².